The van der Waals surface area contributed by atoms with E-state index in [0.29, 0.717) is 5.56 Å². The molecular formula is C16H17F3. The second-order valence-electron chi connectivity index (χ2n) is 3.91. The quantitative estimate of drug-likeness (QED) is 0.620. The predicted octanol–water partition coefficient (Wildman–Crippen LogP) is 5.71. The maximum Gasteiger partial charge on any atom is 0.417 e. The molecule has 0 aliphatic rings. The molecule has 0 bridgehead atoms. The highest BCUT2D eigenvalue weighted by molar-refractivity contribution is 5.68. The molecule has 0 saturated heterocycles. The molecule has 0 spiro atoms. The monoisotopic (exact) mass is 266 g/mol. The molecule has 0 unspecified atom stereocenters. The molecule has 0 aliphatic carbocycles. The number of rotatable bonds is 1. The van der Waals surface area contributed by atoms with Crippen molar-refractivity contribution in [3.63, 3.8) is 0 Å². The Morgan fingerprint density at radius 1 is 0.789 bits per heavy atom. The van der Waals surface area contributed by atoms with Gasteiger partial charge in [0.1, 0.15) is 0 Å². The Morgan fingerprint density at radius 3 is 1.84 bits per heavy atom. The molecule has 2 aromatic rings. The van der Waals surface area contributed by atoms with Crippen molar-refractivity contribution in [1.82, 2.24) is 0 Å². The first-order chi connectivity index (χ1) is 8.98. The van der Waals surface area contributed by atoms with Crippen LogP contribution in [0.5, 0.6) is 0 Å². The Bertz CT molecular complexity index is 510. The first-order valence-corrected chi connectivity index (χ1v) is 6.22. The van der Waals surface area contributed by atoms with Crippen LogP contribution in [0, 0.1) is 6.92 Å². The van der Waals surface area contributed by atoms with Crippen LogP contribution in [0.2, 0.25) is 0 Å². The van der Waals surface area contributed by atoms with Gasteiger partial charge in [0.25, 0.3) is 0 Å². The van der Waals surface area contributed by atoms with Crippen molar-refractivity contribution >= 4 is 0 Å². The average Bonchev–Trinajstić information content (AvgIpc) is 2.41. The fraction of sp³-hybridized carbons (Fsp3) is 0.250. The van der Waals surface area contributed by atoms with Gasteiger partial charge in [0, 0.05) is 0 Å². The standard InChI is InChI=1S/C14H11F3.C2H6/c1-10-6-8-11(9-7-10)12-4-2-3-5-13(12)14(15,16)17;1-2/h2-9H,1H3;1-2H3. The summed E-state index contributed by atoms with van der Waals surface area (Å²) in [5.74, 6) is 0. The van der Waals surface area contributed by atoms with Crippen molar-refractivity contribution < 1.29 is 13.2 Å². The zero-order chi connectivity index (χ0) is 14.5. The van der Waals surface area contributed by atoms with Crippen LogP contribution in [-0.2, 0) is 6.18 Å². The smallest absolute Gasteiger partial charge is 0.166 e. The first kappa shape index (κ1) is 15.3. The van der Waals surface area contributed by atoms with Crippen molar-refractivity contribution in [3.8, 4) is 11.1 Å². The van der Waals surface area contributed by atoms with Gasteiger partial charge in [-0.1, -0.05) is 61.9 Å². The average molecular weight is 266 g/mol. The number of hydrogen-bond acceptors (Lipinski definition) is 0. The molecule has 0 radical (unpaired) electrons. The lowest BCUT2D eigenvalue weighted by Gasteiger charge is -2.12. The Labute approximate surface area is 111 Å². The van der Waals surface area contributed by atoms with E-state index in [0.717, 1.165) is 11.6 Å². The van der Waals surface area contributed by atoms with Gasteiger partial charge in [-0.2, -0.15) is 13.2 Å². The SMILES string of the molecule is CC.Cc1ccc(-c2ccccc2C(F)(F)F)cc1. The Balaban J connectivity index is 0.000000861. The molecule has 2 aromatic carbocycles. The predicted molar refractivity (Wildman–Crippen MR) is 73.0 cm³/mol. The van der Waals surface area contributed by atoms with Crippen molar-refractivity contribution in [2.75, 3.05) is 0 Å². The molecule has 0 aromatic heterocycles. The van der Waals surface area contributed by atoms with E-state index in [1.54, 1.807) is 18.2 Å². The van der Waals surface area contributed by atoms with Crippen LogP contribution >= 0.6 is 0 Å². The van der Waals surface area contributed by atoms with Gasteiger partial charge in [0.05, 0.1) is 5.56 Å². The molecule has 102 valence electrons. The minimum Gasteiger partial charge on any atom is -0.166 e. The van der Waals surface area contributed by atoms with Crippen LogP contribution < -0.4 is 0 Å². The Hall–Kier alpha value is -1.77. The van der Waals surface area contributed by atoms with E-state index < -0.39 is 11.7 Å². The van der Waals surface area contributed by atoms with Gasteiger partial charge in [-0.05, 0) is 24.1 Å². The van der Waals surface area contributed by atoms with E-state index in [1.807, 2.05) is 32.9 Å². The molecule has 0 N–H and O–H groups in total. The third-order valence-electron chi connectivity index (χ3n) is 2.60. The summed E-state index contributed by atoms with van der Waals surface area (Å²) in [6.45, 7) is 5.90. The third-order valence-corrected chi connectivity index (χ3v) is 2.60. The number of halogens is 3. The zero-order valence-electron chi connectivity index (χ0n) is 11.3. The zero-order valence-corrected chi connectivity index (χ0v) is 11.3. The van der Waals surface area contributed by atoms with Crippen LogP contribution in [0.1, 0.15) is 25.0 Å². The molecule has 0 amide bonds. The summed E-state index contributed by atoms with van der Waals surface area (Å²) >= 11 is 0. The lowest BCUT2D eigenvalue weighted by molar-refractivity contribution is -0.137. The van der Waals surface area contributed by atoms with Crippen LogP contribution in [0.15, 0.2) is 48.5 Å². The van der Waals surface area contributed by atoms with Gasteiger partial charge >= 0.3 is 6.18 Å². The summed E-state index contributed by atoms with van der Waals surface area (Å²) in [4.78, 5) is 0. The highest BCUT2D eigenvalue weighted by Crippen LogP contribution is 2.36. The summed E-state index contributed by atoms with van der Waals surface area (Å²) in [7, 11) is 0. The maximum atomic E-state index is 12.8. The third kappa shape index (κ3) is 3.85. The topological polar surface area (TPSA) is 0 Å². The molecule has 3 heteroatoms. The summed E-state index contributed by atoms with van der Waals surface area (Å²) < 4.78 is 38.4. The Kier molecular flexibility index (Phi) is 5.16. The lowest BCUT2D eigenvalue weighted by Crippen LogP contribution is -2.06. The van der Waals surface area contributed by atoms with Gasteiger partial charge < -0.3 is 0 Å². The molecule has 0 aliphatic heterocycles. The van der Waals surface area contributed by atoms with Crippen molar-refractivity contribution in [3.05, 3.63) is 59.7 Å². The van der Waals surface area contributed by atoms with Crippen LogP contribution in [0.3, 0.4) is 0 Å². The largest absolute Gasteiger partial charge is 0.417 e. The first-order valence-electron chi connectivity index (χ1n) is 6.22. The number of alkyl halides is 3. The Morgan fingerprint density at radius 2 is 1.32 bits per heavy atom. The molecular weight excluding hydrogens is 249 g/mol. The second-order valence-corrected chi connectivity index (χ2v) is 3.91. The minimum absolute atomic E-state index is 0.222. The van der Waals surface area contributed by atoms with E-state index >= 15 is 0 Å². The van der Waals surface area contributed by atoms with Gasteiger partial charge in [0.2, 0.25) is 0 Å². The van der Waals surface area contributed by atoms with Crippen molar-refractivity contribution in [2.24, 2.45) is 0 Å². The highest BCUT2D eigenvalue weighted by Gasteiger charge is 2.33. The number of hydrogen-bond donors (Lipinski definition) is 0. The summed E-state index contributed by atoms with van der Waals surface area (Å²) in [6.07, 6.45) is -4.32. The van der Waals surface area contributed by atoms with E-state index in [4.69, 9.17) is 0 Å². The fourth-order valence-corrected chi connectivity index (χ4v) is 1.72. The molecule has 0 nitrogen and oxygen atoms in total. The molecule has 0 heterocycles. The van der Waals surface area contributed by atoms with Crippen LogP contribution in [0.4, 0.5) is 13.2 Å². The molecule has 0 atom stereocenters. The van der Waals surface area contributed by atoms with E-state index in [9.17, 15) is 13.2 Å². The van der Waals surface area contributed by atoms with Gasteiger partial charge in [0.15, 0.2) is 0 Å². The fourth-order valence-electron chi connectivity index (χ4n) is 1.72. The van der Waals surface area contributed by atoms with Gasteiger partial charge in [-0.15, -0.1) is 0 Å². The maximum absolute atomic E-state index is 12.8. The van der Waals surface area contributed by atoms with E-state index in [1.165, 1.54) is 12.1 Å². The van der Waals surface area contributed by atoms with Crippen molar-refractivity contribution in [1.29, 1.82) is 0 Å². The van der Waals surface area contributed by atoms with E-state index in [2.05, 4.69) is 0 Å². The molecule has 19 heavy (non-hydrogen) atoms. The van der Waals surface area contributed by atoms with Crippen LogP contribution in [-0.4, -0.2) is 0 Å². The molecule has 0 fully saturated rings. The molecule has 0 saturated carbocycles. The van der Waals surface area contributed by atoms with Crippen LogP contribution in [0.25, 0.3) is 11.1 Å². The summed E-state index contributed by atoms with van der Waals surface area (Å²) in [6, 6.07) is 12.7. The van der Waals surface area contributed by atoms with Gasteiger partial charge in [-0.3, -0.25) is 0 Å². The summed E-state index contributed by atoms with van der Waals surface area (Å²) in [5.41, 5.74) is 1.24. The van der Waals surface area contributed by atoms with E-state index in [-0.39, 0.29) is 5.56 Å². The number of aryl methyl sites for hydroxylation is 1. The highest BCUT2D eigenvalue weighted by atomic mass is 19.4. The molecule has 2 rings (SSSR count). The second kappa shape index (κ2) is 6.41. The summed E-state index contributed by atoms with van der Waals surface area (Å²) in [5, 5.41) is 0. The lowest BCUT2D eigenvalue weighted by atomic mass is 9.98. The normalized spacial score (nSPS) is 10.6. The van der Waals surface area contributed by atoms with Gasteiger partial charge in [-0.25, -0.2) is 0 Å². The minimum atomic E-state index is -4.32. The van der Waals surface area contributed by atoms with Crippen molar-refractivity contribution in [2.45, 2.75) is 26.9 Å². The number of benzene rings is 2.